The van der Waals surface area contributed by atoms with Gasteiger partial charge in [0.2, 0.25) is 5.95 Å². The van der Waals surface area contributed by atoms with Crippen molar-refractivity contribution in [1.82, 2.24) is 9.97 Å². The Morgan fingerprint density at radius 3 is 2.85 bits per heavy atom. The van der Waals surface area contributed by atoms with Gasteiger partial charge >= 0.3 is 0 Å². The molecule has 1 aliphatic rings. The Hall–Kier alpha value is -1.16. The molecular formula is C9H13N3O. The first kappa shape index (κ1) is 8.44. The average molecular weight is 179 g/mol. The topological polar surface area (TPSA) is 49.2 Å². The molecule has 0 amide bonds. The highest BCUT2D eigenvalue weighted by molar-refractivity contribution is 5.30. The summed E-state index contributed by atoms with van der Waals surface area (Å²) in [6.45, 7) is 2.10. The number of anilines is 1. The Kier molecular flexibility index (Phi) is 2.40. The molecule has 0 aromatic carbocycles. The molecule has 0 radical (unpaired) electrons. The van der Waals surface area contributed by atoms with E-state index >= 15 is 0 Å². The third-order valence-electron chi connectivity index (χ3n) is 2.38. The Morgan fingerprint density at radius 2 is 2.23 bits per heavy atom. The van der Waals surface area contributed by atoms with E-state index in [9.17, 15) is 0 Å². The smallest absolute Gasteiger partial charge is 0.225 e. The average Bonchev–Trinajstić information content (AvgIpc) is 2.67. The number of aliphatic hydroxyl groups is 1. The molecule has 1 fully saturated rings. The molecule has 1 N–H and O–H groups in total. The van der Waals surface area contributed by atoms with Crippen LogP contribution >= 0.6 is 0 Å². The van der Waals surface area contributed by atoms with E-state index in [1.807, 2.05) is 6.07 Å². The zero-order valence-corrected chi connectivity index (χ0v) is 7.43. The Morgan fingerprint density at radius 1 is 1.46 bits per heavy atom. The predicted octanol–water partition coefficient (Wildman–Crippen LogP) is 0.295. The minimum absolute atomic E-state index is 0.267. The molecule has 13 heavy (non-hydrogen) atoms. The summed E-state index contributed by atoms with van der Waals surface area (Å²) in [4.78, 5) is 10.4. The van der Waals surface area contributed by atoms with Crippen molar-refractivity contribution in [2.45, 2.75) is 6.42 Å². The van der Waals surface area contributed by atoms with Crippen LogP contribution in [-0.2, 0) is 0 Å². The second-order valence-electron chi connectivity index (χ2n) is 3.33. The van der Waals surface area contributed by atoms with Gasteiger partial charge in [-0.15, -0.1) is 0 Å². The monoisotopic (exact) mass is 179 g/mol. The van der Waals surface area contributed by atoms with E-state index in [1.54, 1.807) is 12.4 Å². The Labute approximate surface area is 77.2 Å². The first-order valence-electron chi connectivity index (χ1n) is 4.53. The van der Waals surface area contributed by atoms with Crippen molar-refractivity contribution >= 4 is 5.95 Å². The minimum atomic E-state index is 0.267. The van der Waals surface area contributed by atoms with Crippen LogP contribution in [0.1, 0.15) is 6.42 Å². The van der Waals surface area contributed by atoms with Crippen molar-refractivity contribution in [3.05, 3.63) is 18.5 Å². The lowest BCUT2D eigenvalue weighted by atomic mass is 10.1. The number of hydrogen-bond donors (Lipinski definition) is 1. The molecule has 0 aliphatic carbocycles. The third-order valence-corrected chi connectivity index (χ3v) is 2.38. The van der Waals surface area contributed by atoms with Crippen LogP contribution in [0.3, 0.4) is 0 Å². The Bertz CT molecular complexity index is 265. The number of nitrogens with zero attached hydrogens (tertiary/aromatic N) is 3. The SMILES string of the molecule is OC[C@H]1CCN(c2ncccn2)C1. The van der Waals surface area contributed by atoms with Crippen LogP contribution in [-0.4, -0.2) is 34.8 Å². The normalized spacial score (nSPS) is 22.2. The molecule has 4 heteroatoms. The molecule has 0 bridgehead atoms. The fourth-order valence-corrected chi connectivity index (χ4v) is 1.62. The summed E-state index contributed by atoms with van der Waals surface area (Å²) in [6.07, 6.45) is 4.53. The lowest BCUT2D eigenvalue weighted by molar-refractivity contribution is 0.238. The van der Waals surface area contributed by atoms with Crippen molar-refractivity contribution in [1.29, 1.82) is 0 Å². The van der Waals surface area contributed by atoms with E-state index in [-0.39, 0.29) is 6.61 Å². The fraction of sp³-hybridized carbons (Fsp3) is 0.556. The molecule has 1 aromatic heterocycles. The summed E-state index contributed by atoms with van der Waals surface area (Å²) < 4.78 is 0. The van der Waals surface area contributed by atoms with Crippen molar-refractivity contribution in [3.63, 3.8) is 0 Å². The third kappa shape index (κ3) is 1.78. The largest absolute Gasteiger partial charge is 0.396 e. The molecule has 2 heterocycles. The van der Waals surface area contributed by atoms with Crippen molar-refractivity contribution in [3.8, 4) is 0 Å². The lowest BCUT2D eigenvalue weighted by Gasteiger charge is -2.14. The molecule has 1 aliphatic heterocycles. The molecule has 0 spiro atoms. The zero-order chi connectivity index (χ0) is 9.10. The standard InChI is InChI=1S/C9H13N3O/c13-7-8-2-5-12(6-8)9-10-3-1-4-11-9/h1,3-4,8,13H,2,5-7H2/t8-/m0/s1. The zero-order valence-electron chi connectivity index (χ0n) is 7.43. The van der Waals surface area contributed by atoms with Gasteiger partial charge in [-0.1, -0.05) is 0 Å². The summed E-state index contributed by atoms with van der Waals surface area (Å²) in [5, 5.41) is 8.96. The van der Waals surface area contributed by atoms with Crippen LogP contribution < -0.4 is 4.90 Å². The van der Waals surface area contributed by atoms with E-state index in [0.29, 0.717) is 5.92 Å². The molecule has 1 saturated heterocycles. The number of aromatic nitrogens is 2. The highest BCUT2D eigenvalue weighted by Gasteiger charge is 2.22. The maximum absolute atomic E-state index is 8.96. The van der Waals surface area contributed by atoms with Gasteiger partial charge in [0.25, 0.3) is 0 Å². The van der Waals surface area contributed by atoms with Crippen LogP contribution in [0.4, 0.5) is 5.95 Å². The molecule has 0 saturated carbocycles. The Balaban J connectivity index is 2.04. The van der Waals surface area contributed by atoms with Gasteiger partial charge in [0.1, 0.15) is 0 Å². The molecule has 1 atom stereocenters. The fourth-order valence-electron chi connectivity index (χ4n) is 1.62. The molecular weight excluding hydrogens is 166 g/mol. The molecule has 4 nitrogen and oxygen atoms in total. The van der Waals surface area contributed by atoms with E-state index in [1.165, 1.54) is 0 Å². The molecule has 70 valence electrons. The van der Waals surface area contributed by atoms with Crippen LogP contribution in [0.15, 0.2) is 18.5 Å². The minimum Gasteiger partial charge on any atom is -0.396 e. The quantitative estimate of drug-likeness (QED) is 0.709. The predicted molar refractivity (Wildman–Crippen MR) is 49.4 cm³/mol. The van der Waals surface area contributed by atoms with Gasteiger partial charge in [-0.2, -0.15) is 0 Å². The number of hydrogen-bond acceptors (Lipinski definition) is 4. The van der Waals surface area contributed by atoms with Gasteiger partial charge in [-0.25, -0.2) is 9.97 Å². The summed E-state index contributed by atoms with van der Waals surface area (Å²) >= 11 is 0. The molecule has 0 unspecified atom stereocenters. The lowest BCUT2D eigenvalue weighted by Crippen LogP contribution is -2.22. The molecule has 1 aromatic rings. The first-order chi connectivity index (χ1) is 6.40. The highest BCUT2D eigenvalue weighted by Crippen LogP contribution is 2.19. The van der Waals surface area contributed by atoms with Gasteiger partial charge in [0.05, 0.1) is 0 Å². The molecule has 2 rings (SSSR count). The van der Waals surface area contributed by atoms with Crippen molar-refractivity contribution in [2.75, 3.05) is 24.6 Å². The van der Waals surface area contributed by atoms with Crippen LogP contribution in [0, 0.1) is 5.92 Å². The van der Waals surface area contributed by atoms with E-state index in [0.717, 1.165) is 25.5 Å². The second kappa shape index (κ2) is 3.70. The van der Waals surface area contributed by atoms with Gasteiger partial charge in [0, 0.05) is 38.0 Å². The van der Waals surface area contributed by atoms with Gasteiger partial charge in [0.15, 0.2) is 0 Å². The summed E-state index contributed by atoms with van der Waals surface area (Å²) in [5.41, 5.74) is 0. The van der Waals surface area contributed by atoms with Crippen LogP contribution in [0.25, 0.3) is 0 Å². The van der Waals surface area contributed by atoms with Gasteiger partial charge in [-0.05, 0) is 12.5 Å². The number of aliphatic hydroxyl groups excluding tert-OH is 1. The second-order valence-corrected chi connectivity index (χ2v) is 3.33. The van der Waals surface area contributed by atoms with Gasteiger partial charge < -0.3 is 10.0 Å². The van der Waals surface area contributed by atoms with E-state index in [2.05, 4.69) is 14.9 Å². The maximum atomic E-state index is 8.96. The maximum Gasteiger partial charge on any atom is 0.225 e. The van der Waals surface area contributed by atoms with Crippen molar-refractivity contribution < 1.29 is 5.11 Å². The van der Waals surface area contributed by atoms with Crippen LogP contribution in [0.5, 0.6) is 0 Å². The van der Waals surface area contributed by atoms with E-state index in [4.69, 9.17) is 5.11 Å². The van der Waals surface area contributed by atoms with E-state index < -0.39 is 0 Å². The highest BCUT2D eigenvalue weighted by atomic mass is 16.3. The van der Waals surface area contributed by atoms with Gasteiger partial charge in [-0.3, -0.25) is 0 Å². The first-order valence-corrected chi connectivity index (χ1v) is 4.53. The summed E-state index contributed by atoms with van der Waals surface area (Å²) in [7, 11) is 0. The summed E-state index contributed by atoms with van der Waals surface area (Å²) in [5.74, 6) is 1.17. The number of rotatable bonds is 2. The van der Waals surface area contributed by atoms with Crippen LogP contribution in [0.2, 0.25) is 0 Å². The summed E-state index contributed by atoms with van der Waals surface area (Å²) in [6, 6.07) is 1.81. The van der Waals surface area contributed by atoms with Crippen molar-refractivity contribution in [2.24, 2.45) is 5.92 Å².